The Labute approximate surface area is 195 Å². The van der Waals surface area contributed by atoms with Crippen LogP contribution in [0.15, 0.2) is 65.3 Å². The fraction of sp³-hybridized carbons (Fsp3) is 0.240. The van der Waals surface area contributed by atoms with Crippen LogP contribution in [0.25, 0.3) is 0 Å². The number of aryl methyl sites for hydroxylation is 2. The number of nitrogens with zero attached hydrogens (tertiary/aromatic N) is 2. The summed E-state index contributed by atoms with van der Waals surface area (Å²) >= 11 is 1.30. The summed E-state index contributed by atoms with van der Waals surface area (Å²) in [5.74, 6) is 0.0943. The normalized spacial score (nSPS) is 19.5. The first-order valence-electron chi connectivity index (χ1n) is 10.7. The van der Waals surface area contributed by atoms with E-state index in [9.17, 15) is 14.4 Å². The Morgan fingerprint density at radius 1 is 1.09 bits per heavy atom. The topological polar surface area (TPSA) is 82.9 Å². The molecule has 7 nitrogen and oxygen atoms in total. The maximum Gasteiger partial charge on any atom is 0.269 e. The number of amides is 3. The van der Waals surface area contributed by atoms with Gasteiger partial charge in [0.25, 0.3) is 5.91 Å². The second-order valence-corrected chi connectivity index (χ2v) is 9.36. The number of rotatable bonds is 5. The second-order valence-electron chi connectivity index (χ2n) is 8.19. The van der Waals surface area contributed by atoms with Crippen LogP contribution in [0.1, 0.15) is 22.5 Å². The number of furan rings is 1. The summed E-state index contributed by atoms with van der Waals surface area (Å²) in [7, 11) is 0. The number of hydrogen-bond acceptors (Lipinski definition) is 5. The van der Waals surface area contributed by atoms with Gasteiger partial charge in [-0.3, -0.25) is 24.2 Å². The number of hydrogen-bond donors (Lipinski definition) is 1. The standard InChI is InChI=1S/C25H23N3O4S/c1-16-9-10-18(12-17(16)2)28-23(30)15-33-25(28)20-7-3-4-8-21(20)27(24(25)31)14-22(29)26-13-19-6-5-11-32-19/h3-12H,13-15H2,1-2H3,(H,26,29)/t25-/m0/s1. The van der Waals surface area contributed by atoms with E-state index in [1.54, 1.807) is 23.3 Å². The molecule has 1 saturated heterocycles. The highest BCUT2D eigenvalue weighted by atomic mass is 32.2. The molecule has 2 aromatic carbocycles. The Bertz CT molecular complexity index is 1260. The lowest BCUT2D eigenvalue weighted by Gasteiger charge is -2.33. The van der Waals surface area contributed by atoms with Crippen molar-refractivity contribution in [2.45, 2.75) is 25.3 Å². The van der Waals surface area contributed by atoms with E-state index in [1.165, 1.54) is 16.7 Å². The monoisotopic (exact) mass is 461 g/mol. The molecule has 0 aliphatic carbocycles. The van der Waals surface area contributed by atoms with Crippen molar-refractivity contribution in [3.63, 3.8) is 0 Å². The highest BCUT2D eigenvalue weighted by Gasteiger charge is 2.61. The molecule has 0 radical (unpaired) electrons. The summed E-state index contributed by atoms with van der Waals surface area (Å²) in [5.41, 5.74) is 4.20. The van der Waals surface area contributed by atoms with E-state index >= 15 is 0 Å². The molecule has 2 aliphatic heterocycles. The molecule has 3 aromatic rings. The largest absolute Gasteiger partial charge is 0.467 e. The Morgan fingerprint density at radius 2 is 1.91 bits per heavy atom. The number of carbonyl (C=O) groups excluding carboxylic acids is 3. The van der Waals surface area contributed by atoms with E-state index in [-0.39, 0.29) is 36.6 Å². The summed E-state index contributed by atoms with van der Waals surface area (Å²) in [6, 6.07) is 16.7. The molecule has 8 heteroatoms. The third kappa shape index (κ3) is 3.41. The molecular weight excluding hydrogens is 438 g/mol. The van der Waals surface area contributed by atoms with E-state index in [4.69, 9.17) is 4.42 Å². The molecule has 3 amide bonds. The average Bonchev–Trinajstić information content (AvgIpc) is 3.50. The first-order valence-corrected chi connectivity index (χ1v) is 11.6. The van der Waals surface area contributed by atoms with Crippen molar-refractivity contribution < 1.29 is 18.8 Å². The zero-order valence-corrected chi connectivity index (χ0v) is 19.1. The molecule has 0 bridgehead atoms. The Kier molecular flexibility index (Phi) is 5.25. The smallest absolute Gasteiger partial charge is 0.269 e. The summed E-state index contributed by atoms with van der Waals surface area (Å²) in [6.45, 7) is 4.09. The van der Waals surface area contributed by atoms with Crippen molar-refractivity contribution in [2.75, 3.05) is 22.1 Å². The minimum Gasteiger partial charge on any atom is -0.467 e. The lowest BCUT2D eigenvalue weighted by molar-refractivity contribution is -0.125. The third-order valence-electron chi connectivity index (χ3n) is 6.15. The molecule has 33 heavy (non-hydrogen) atoms. The molecule has 1 atom stereocenters. The summed E-state index contributed by atoms with van der Waals surface area (Å²) < 4.78 is 5.26. The van der Waals surface area contributed by atoms with E-state index in [0.717, 1.165) is 16.7 Å². The van der Waals surface area contributed by atoms with Crippen molar-refractivity contribution in [3.05, 3.63) is 83.3 Å². The number of benzene rings is 2. The maximum atomic E-state index is 13.9. The van der Waals surface area contributed by atoms with E-state index in [1.807, 2.05) is 56.3 Å². The molecular formula is C25H23N3O4S. The average molecular weight is 462 g/mol. The molecule has 3 heterocycles. The van der Waals surface area contributed by atoms with Crippen LogP contribution < -0.4 is 15.1 Å². The number of anilines is 2. The van der Waals surface area contributed by atoms with Crippen molar-refractivity contribution in [3.8, 4) is 0 Å². The lowest BCUT2D eigenvalue weighted by Crippen LogP contribution is -2.51. The van der Waals surface area contributed by atoms with Gasteiger partial charge in [-0.25, -0.2) is 0 Å². The second kappa shape index (κ2) is 8.12. The van der Waals surface area contributed by atoms with Gasteiger partial charge in [-0.05, 0) is 55.3 Å². The molecule has 1 fully saturated rings. The Hall–Kier alpha value is -3.52. The minimum absolute atomic E-state index is 0.129. The van der Waals surface area contributed by atoms with Crippen LogP contribution in [-0.2, 0) is 25.8 Å². The molecule has 0 saturated carbocycles. The van der Waals surface area contributed by atoms with Crippen LogP contribution >= 0.6 is 11.8 Å². The van der Waals surface area contributed by atoms with E-state index in [0.29, 0.717) is 17.1 Å². The van der Waals surface area contributed by atoms with Gasteiger partial charge < -0.3 is 9.73 Å². The van der Waals surface area contributed by atoms with E-state index < -0.39 is 4.87 Å². The molecule has 1 N–H and O–H groups in total. The van der Waals surface area contributed by atoms with E-state index in [2.05, 4.69) is 5.32 Å². The number of thioether (sulfide) groups is 1. The number of nitrogens with one attached hydrogen (secondary N) is 1. The van der Waals surface area contributed by atoms with Crippen molar-refractivity contribution in [1.29, 1.82) is 0 Å². The number of carbonyl (C=O) groups is 3. The van der Waals surface area contributed by atoms with Gasteiger partial charge in [0.05, 0.1) is 24.2 Å². The van der Waals surface area contributed by atoms with Gasteiger partial charge in [-0.2, -0.15) is 0 Å². The quantitative estimate of drug-likeness (QED) is 0.629. The van der Waals surface area contributed by atoms with Gasteiger partial charge >= 0.3 is 0 Å². The van der Waals surface area contributed by atoms with Gasteiger partial charge in [0, 0.05) is 11.3 Å². The molecule has 2 aliphatic rings. The van der Waals surface area contributed by atoms with Gasteiger partial charge in [-0.1, -0.05) is 24.3 Å². The fourth-order valence-electron chi connectivity index (χ4n) is 4.38. The highest BCUT2D eigenvalue weighted by molar-refractivity contribution is 8.02. The summed E-state index contributed by atoms with van der Waals surface area (Å²) in [6.07, 6.45) is 1.54. The fourth-order valence-corrected chi connectivity index (χ4v) is 5.73. The SMILES string of the molecule is Cc1ccc(N2C(=O)CS[C@@]23C(=O)N(CC(=O)NCc2ccco2)c2ccccc23)cc1C. The number of fused-ring (bicyclic) bond motifs is 2. The van der Waals surface area contributed by atoms with Gasteiger partial charge in [-0.15, -0.1) is 11.8 Å². The first-order chi connectivity index (χ1) is 15.9. The van der Waals surface area contributed by atoms with Crippen molar-refractivity contribution in [1.82, 2.24) is 5.32 Å². The summed E-state index contributed by atoms with van der Waals surface area (Å²) in [4.78, 5) is 41.6. The molecule has 0 unspecified atom stereocenters. The van der Waals surface area contributed by atoms with Gasteiger partial charge in [0.1, 0.15) is 12.3 Å². The van der Waals surface area contributed by atoms with Crippen LogP contribution in [0.2, 0.25) is 0 Å². The van der Waals surface area contributed by atoms with Crippen LogP contribution in [-0.4, -0.2) is 30.0 Å². The lowest BCUT2D eigenvalue weighted by atomic mass is 10.0. The van der Waals surface area contributed by atoms with Crippen LogP contribution in [0.3, 0.4) is 0 Å². The zero-order chi connectivity index (χ0) is 23.2. The Morgan fingerprint density at radius 3 is 2.67 bits per heavy atom. The third-order valence-corrected chi connectivity index (χ3v) is 7.54. The molecule has 1 aromatic heterocycles. The minimum atomic E-state index is -1.23. The first kappa shape index (κ1) is 21.3. The van der Waals surface area contributed by atoms with Crippen LogP contribution in [0, 0.1) is 13.8 Å². The predicted molar refractivity (Wildman–Crippen MR) is 127 cm³/mol. The summed E-state index contributed by atoms with van der Waals surface area (Å²) in [5, 5.41) is 2.79. The van der Waals surface area contributed by atoms with Crippen molar-refractivity contribution >= 4 is 40.9 Å². The number of para-hydroxylation sites is 1. The molecule has 5 rings (SSSR count). The van der Waals surface area contributed by atoms with Crippen LogP contribution in [0.4, 0.5) is 11.4 Å². The maximum absolute atomic E-state index is 13.9. The van der Waals surface area contributed by atoms with Gasteiger partial charge in [0.2, 0.25) is 16.7 Å². The zero-order valence-electron chi connectivity index (χ0n) is 18.3. The molecule has 1 spiro atoms. The van der Waals surface area contributed by atoms with Crippen LogP contribution in [0.5, 0.6) is 0 Å². The molecule has 168 valence electrons. The van der Waals surface area contributed by atoms with Gasteiger partial charge in [0.15, 0.2) is 0 Å². The highest BCUT2D eigenvalue weighted by Crippen LogP contribution is 2.55. The Balaban J connectivity index is 1.50. The van der Waals surface area contributed by atoms with Crippen molar-refractivity contribution in [2.24, 2.45) is 0 Å². The predicted octanol–water partition coefficient (Wildman–Crippen LogP) is 3.49.